The molecule has 192 valence electrons. The number of hydrogen-bond donors (Lipinski definition) is 1. The van der Waals surface area contributed by atoms with Crippen molar-refractivity contribution in [1.29, 1.82) is 0 Å². The second kappa shape index (κ2) is 10.9. The summed E-state index contributed by atoms with van der Waals surface area (Å²) in [4.78, 5) is 32.2. The van der Waals surface area contributed by atoms with Crippen molar-refractivity contribution in [3.05, 3.63) is 53.1 Å². The fourth-order valence-corrected chi connectivity index (χ4v) is 5.35. The number of hydrogen-bond acceptors (Lipinski definition) is 6. The molecule has 0 spiro atoms. The van der Waals surface area contributed by atoms with Crippen LogP contribution in [-0.4, -0.2) is 85.5 Å². The molecule has 0 saturated carbocycles. The zero-order valence-corrected chi connectivity index (χ0v) is 21.3. The third-order valence-electron chi connectivity index (χ3n) is 7.59. The van der Waals surface area contributed by atoms with E-state index in [2.05, 4.69) is 21.2 Å². The van der Waals surface area contributed by atoms with Gasteiger partial charge in [0.25, 0.3) is 0 Å². The summed E-state index contributed by atoms with van der Waals surface area (Å²) >= 11 is 0. The highest BCUT2D eigenvalue weighted by atomic mass is 16.6. The lowest BCUT2D eigenvalue weighted by Gasteiger charge is -2.35. The van der Waals surface area contributed by atoms with Crippen LogP contribution in [0.1, 0.15) is 35.6 Å². The quantitative estimate of drug-likeness (QED) is 0.668. The first-order valence-corrected chi connectivity index (χ1v) is 13.0. The van der Waals surface area contributed by atoms with Crippen LogP contribution in [0.4, 0.5) is 5.69 Å². The summed E-state index contributed by atoms with van der Waals surface area (Å²) in [5, 5.41) is 3.05. The van der Waals surface area contributed by atoms with Gasteiger partial charge < -0.3 is 19.7 Å². The maximum Gasteiger partial charge on any atom is 0.238 e. The largest absolute Gasteiger partial charge is 0.486 e. The highest BCUT2D eigenvalue weighted by molar-refractivity contribution is 5.93. The van der Waals surface area contributed by atoms with E-state index in [9.17, 15) is 9.59 Å². The van der Waals surface area contributed by atoms with Crippen LogP contribution in [0.2, 0.25) is 0 Å². The number of ether oxygens (including phenoxy) is 2. The van der Waals surface area contributed by atoms with Gasteiger partial charge in [-0.1, -0.05) is 18.2 Å². The molecule has 2 aromatic carbocycles. The Hall–Kier alpha value is -3.10. The average Bonchev–Trinajstić information content (AvgIpc) is 3.38. The molecule has 2 aromatic rings. The molecular formula is C28H36N4O4. The highest BCUT2D eigenvalue weighted by Gasteiger charge is 2.32. The maximum absolute atomic E-state index is 13.3. The molecule has 0 radical (unpaired) electrons. The molecule has 1 atom stereocenters. The van der Waals surface area contributed by atoms with E-state index in [1.54, 1.807) is 0 Å². The molecule has 1 unspecified atom stereocenters. The average molecular weight is 493 g/mol. The van der Waals surface area contributed by atoms with E-state index in [4.69, 9.17) is 9.47 Å². The van der Waals surface area contributed by atoms with Crippen LogP contribution in [0.3, 0.4) is 0 Å². The van der Waals surface area contributed by atoms with Crippen LogP contribution in [-0.2, 0) is 9.59 Å². The van der Waals surface area contributed by atoms with Crippen LogP contribution in [0, 0.1) is 13.8 Å². The Kier molecular flexibility index (Phi) is 7.43. The van der Waals surface area contributed by atoms with E-state index in [0.717, 1.165) is 73.9 Å². The number of carbonyl (C=O) groups is 2. The number of piperazine rings is 1. The molecule has 2 saturated heterocycles. The molecular weight excluding hydrogens is 456 g/mol. The van der Waals surface area contributed by atoms with Crippen LogP contribution in [0.5, 0.6) is 11.5 Å². The van der Waals surface area contributed by atoms with Gasteiger partial charge in [0.15, 0.2) is 11.5 Å². The minimum atomic E-state index is 0.00700. The van der Waals surface area contributed by atoms with Crippen molar-refractivity contribution in [2.75, 3.05) is 64.3 Å². The molecule has 0 aliphatic carbocycles. The highest BCUT2D eigenvalue weighted by Crippen LogP contribution is 2.38. The number of anilines is 1. The SMILES string of the molecule is Cc1cccc(NC(=O)CN2CCN(CC(=O)N3CCCC3c3ccc4c(c3)OCCO4)CC2)c1C. The molecule has 0 aromatic heterocycles. The number of likely N-dealkylation sites (tertiary alicyclic amines) is 1. The summed E-state index contributed by atoms with van der Waals surface area (Å²) in [5.74, 6) is 1.73. The molecule has 8 nitrogen and oxygen atoms in total. The van der Waals surface area contributed by atoms with Crippen molar-refractivity contribution in [3.63, 3.8) is 0 Å². The summed E-state index contributed by atoms with van der Waals surface area (Å²) in [6.07, 6.45) is 1.98. The fourth-order valence-electron chi connectivity index (χ4n) is 5.35. The predicted molar refractivity (Wildman–Crippen MR) is 139 cm³/mol. The molecule has 3 heterocycles. The second-order valence-corrected chi connectivity index (χ2v) is 10.00. The van der Waals surface area contributed by atoms with Crippen molar-refractivity contribution in [2.45, 2.75) is 32.7 Å². The van der Waals surface area contributed by atoms with Crippen LogP contribution in [0.15, 0.2) is 36.4 Å². The summed E-state index contributed by atoms with van der Waals surface area (Å²) in [6.45, 7) is 9.90. The van der Waals surface area contributed by atoms with Crippen molar-refractivity contribution in [2.24, 2.45) is 0 Å². The topological polar surface area (TPSA) is 74.4 Å². The van der Waals surface area contributed by atoms with E-state index in [1.165, 1.54) is 5.56 Å². The summed E-state index contributed by atoms with van der Waals surface area (Å²) in [6, 6.07) is 12.1. The first-order valence-electron chi connectivity index (χ1n) is 13.0. The first-order chi connectivity index (χ1) is 17.5. The van der Waals surface area contributed by atoms with E-state index >= 15 is 0 Å². The lowest BCUT2D eigenvalue weighted by Crippen LogP contribution is -2.51. The number of nitrogens with one attached hydrogen (secondary N) is 1. The Morgan fingerprint density at radius 2 is 1.64 bits per heavy atom. The summed E-state index contributed by atoms with van der Waals surface area (Å²) < 4.78 is 11.4. The molecule has 3 aliphatic rings. The number of aryl methyl sites for hydroxylation is 1. The molecule has 2 fully saturated rings. The normalized spacial score (nSPS) is 20.4. The maximum atomic E-state index is 13.3. The zero-order valence-electron chi connectivity index (χ0n) is 21.3. The number of benzene rings is 2. The molecule has 8 heteroatoms. The minimum absolute atomic E-state index is 0.00700. The van der Waals surface area contributed by atoms with Gasteiger partial charge in [-0.3, -0.25) is 19.4 Å². The monoisotopic (exact) mass is 492 g/mol. The first kappa shape index (κ1) is 24.6. The van der Waals surface area contributed by atoms with Gasteiger partial charge in [-0.05, 0) is 61.6 Å². The standard InChI is InChI=1S/C28H36N4O4/c1-20-5-3-6-23(21(20)2)29-27(33)18-30-11-13-31(14-12-30)19-28(34)32-10-4-7-24(32)22-8-9-25-26(17-22)36-16-15-35-25/h3,5-6,8-9,17,24H,4,7,10-16,18-19H2,1-2H3,(H,29,33). The van der Waals surface area contributed by atoms with Crippen LogP contribution < -0.4 is 14.8 Å². The van der Waals surface area contributed by atoms with Gasteiger partial charge >= 0.3 is 0 Å². The van der Waals surface area contributed by atoms with Crippen LogP contribution in [0.25, 0.3) is 0 Å². The molecule has 5 rings (SSSR count). The Balaban J connectivity index is 1.11. The van der Waals surface area contributed by atoms with Crippen molar-refractivity contribution < 1.29 is 19.1 Å². The zero-order chi connectivity index (χ0) is 25.1. The second-order valence-electron chi connectivity index (χ2n) is 10.00. The van der Waals surface area contributed by atoms with E-state index in [0.29, 0.717) is 26.3 Å². The number of amides is 2. The number of nitrogens with zero attached hydrogens (tertiary/aromatic N) is 3. The molecule has 36 heavy (non-hydrogen) atoms. The molecule has 3 aliphatic heterocycles. The van der Waals surface area contributed by atoms with Gasteiger partial charge in [0.1, 0.15) is 13.2 Å². The van der Waals surface area contributed by atoms with Gasteiger partial charge in [-0.15, -0.1) is 0 Å². The van der Waals surface area contributed by atoms with Gasteiger partial charge in [0.2, 0.25) is 11.8 Å². The summed E-state index contributed by atoms with van der Waals surface area (Å²) in [5.41, 5.74) is 4.26. The Bertz CT molecular complexity index is 1110. The third-order valence-corrected chi connectivity index (χ3v) is 7.59. The number of fused-ring (bicyclic) bond motifs is 1. The smallest absolute Gasteiger partial charge is 0.238 e. The Morgan fingerprint density at radius 1 is 0.917 bits per heavy atom. The third kappa shape index (κ3) is 5.50. The Labute approximate surface area is 213 Å². The van der Waals surface area contributed by atoms with Crippen molar-refractivity contribution in [3.8, 4) is 11.5 Å². The number of rotatable bonds is 6. The van der Waals surface area contributed by atoms with Crippen molar-refractivity contribution >= 4 is 17.5 Å². The lowest BCUT2D eigenvalue weighted by molar-refractivity contribution is -0.134. The van der Waals surface area contributed by atoms with Gasteiger partial charge in [0, 0.05) is 38.4 Å². The van der Waals surface area contributed by atoms with E-state index in [-0.39, 0.29) is 17.9 Å². The van der Waals surface area contributed by atoms with Gasteiger partial charge in [0.05, 0.1) is 19.1 Å². The lowest BCUT2D eigenvalue weighted by atomic mass is 10.0. The minimum Gasteiger partial charge on any atom is -0.486 e. The molecule has 1 N–H and O–H groups in total. The van der Waals surface area contributed by atoms with E-state index in [1.807, 2.05) is 49.1 Å². The summed E-state index contributed by atoms with van der Waals surface area (Å²) in [7, 11) is 0. The van der Waals surface area contributed by atoms with E-state index < -0.39 is 0 Å². The van der Waals surface area contributed by atoms with Crippen molar-refractivity contribution in [1.82, 2.24) is 14.7 Å². The molecule has 2 amide bonds. The van der Waals surface area contributed by atoms with Gasteiger partial charge in [-0.2, -0.15) is 0 Å². The fraction of sp³-hybridized carbons (Fsp3) is 0.500. The molecule has 0 bridgehead atoms. The predicted octanol–water partition coefficient (Wildman–Crippen LogP) is 2.99. The van der Waals surface area contributed by atoms with Gasteiger partial charge in [-0.25, -0.2) is 0 Å². The Morgan fingerprint density at radius 3 is 2.42 bits per heavy atom. The van der Waals surface area contributed by atoms with Crippen LogP contribution >= 0.6 is 0 Å². The number of carbonyl (C=O) groups excluding carboxylic acids is 2.